The SMILES string of the molecule is CNCC(C)(C)CNC(=O)CCCC1CCCC1. The van der Waals surface area contributed by atoms with E-state index in [-0.39, 0.29) is 11.3 Å². The molecule has 18 heavy (non-hydrogen) atoms. The molecule has 1 aliphatic carbocycles. The molecule has 0 bridgehead atoms. The lowest BCUT2D eigenvalue weighted by atomic mass is 9.93. The minimum absolute atomic E-state index is 0.135. The third-order valence-electron chi connectivity index (χ3n) is 3.91. The molecule has 0 atom stereocenters. The van der Waals surface area contributed by atoms with Crippen molar-refractivity contribution in [1.82, 2.24) is 10.6 Å². The molecule has 0 radical (unpaired) electrons. The van der Waals surface area contributed by atoms with E-state index >= 15 is 0 Å². The molecule has 0 unspecified atom stereocenters. The van der Waals surface area contributed by atoms with Crippen LogP contribution < -0.4 is 10.6 Å². The summed E-state index contributed by atoms with van der Waals surface area (Å²) in [5.41, 5.74) is 0.135. The van der Waals surface area contributed by atoms with Crippen LogP contribution in [0.25, 0.3) is 0 Å². The quantitative estimate of drug-likeness (QED) is 0.699. The summed E-state index contributed by atoms with van der Waals surface area (Å²) < 4.78 is 0. The van der Waals surface area contributed by atoms with Gasteiger partial charge in [0.15, 0.2) is 0 Å². The third-order valence-corrected chi connectivity index (χ3v) is 3.91. The average Bonchev–Trinajstić information content (AvgIpc) is 2.79. The number of amides is 1. The van der Waals surface area contributed by atoms with Crippen molar-refractivity contribution in [1.29, 1.82) is 0 Å². The normalized spacial score (nSPS) is 17.1. The van der Waals surface area contributed by atoms with Crippen LogP contribution in [0.4, 0.5) is 0 Å². The molecule has 0 aromatic carbocycles. The molecule has 0 heterocycles. The molecule has 106 valence electrons. The van der Waals surface area contributed by atoms with Gasteiger partial charge in [-0.05, 0) is 31.2 Å². The Morgan fingerprint density at radius 1 is 1.22 bits per heavy atom. The zero-order valence-corrected chi connectivity index (χ0v) is 12.3. The minimum Gasteiger partial charge on any atom is -0.356 e. The zero-order chi connectivity index (χ0) is 13.4. The van der Waals surface area contributed by atoms with Crippen LogP contribution in [0.5, 0.6) is 0 Å². The summed E-state index contributed by atoms with van der Waals surface area (Å²) in [5, 5.41) is 6.21. The van der Waals surface area contributed by atoms with E-state index in [2.05, 4.69) is 24.5 Å². The van der Waals surface area contributed by atoms with Crippen LogP contribution in [0, 0.1) is 11.3 Å². The second-order valence-corrected chi connectivity index (χ2v) is 6.51. The summed E-state index contributed by atoms with van der Waals surface area (Å²) >= 11 is 0. The van der Waals surface area contributed by atoms with Gasteiger partial charge in [-0.2, -0.15) is 0 Å². The highest BCUT2D eigenvalue weighted by Gasteiger charge is 2.18. The second kappa shape index (κ2) is 7.78. The second-order valence-electron chi connectivity index (χ2n) is 6.51. The van der Waals surface area contributed by atoms with Crippen molar-refractivity contribution < 1.29 is 4.79 Å². The van der Waals surface area contributed by atoms with Gasteiger partial charge < -0.3 is 10.6 Å². The number of carbonyl (C=O) groups excluding carboxylic acids is 1. The van der Waals surface area contributed by atoms with Crippen LogP contribution in [0.1, 0.15) is 58.8 Å². The van der Waals surface area contributed by atoms with Crippen molar-refractivity contribution in [3.63, 3.8) is 0 Å². The minimum atomic E-state index is 0.135. The zero-order valence-electron chi connectivity index (χ0n) is 12.3. The Bertz CT molecular complexity index is 245. The van der Waals surface area contributed by atoms with Crippen molar-refractivity contribution in [2.24, 2.45) is 11.3 Å². The molecule has 0 aliphatic heterocycles. The monoisotopic (exact) mass is 254 g/mol. The highest BCUT2D eigenvalue weighted by molar-refractivity contribution is 5.75. The number of carbonyl (C=O) groups is 1. The van der Waals surface area contributed by atoms with Crippen molar-refractivity contribution >= 4 is 5.91 Å². The van der Waals surface area contributed by atoms with Crippen LogP contribution in [-0.4, -0.2) is 26.0 Å². The molecule has 2 N–H and O–H groups in total. The van der Waals surface area contributed by atoms with Gasteiger partial charge in [0.05, 0.1) is 0 Å². The molecule has 1 fully saturated rings. The number of hydrogen-bond acceptors (Lipinski definition) is 2. The fourth-order valence-corrected chi connectivity index (χ4v) is 2.82. The van der Waals surface area contributed by atoms with E-state index in [1.54, 1.807) is 0 Å². The van der Waals surface area contributed by atoms with Crippen LogP contribution in [0.15, 0.2) is 0 Å². The molecule has 1 amide bonds. The molecule has 3 heteroatoms. The lowest BCUT2D eigenvalue weighted by molar-refractivity contribution is -0.121. The van der Waals surface area contributed by atoms with Crippen molar-refractivity contribution in [2.45, 2.75) is 58.8 Å². The molecule has 0 aromatic rings. The maximum atomic E-state index is 11.7. The maximum Gasteiger partial charge on any atom is 0.220 e. The topological polar surface area (TPSA) is 41.1 Å². The van der Waals surface area contributed by atoms with Gasteiger partial charge in [-0.15, -0.1) is 0 Å². The average molecular weight is 254 g/mol. The fraction of sp³-hybridized carbons (Fsp3) is 0.933. The molecule has 1 aliphatic rings. The van der Waals surface area contributed by atoms with E-state index in [1.165, 1.54) is 32.1 Å². The number of hydrogen-bond donors (Lipinski definition) is 2. The Morgan fingerprint density at radius 3 is 2.50 bits per heavy atom. The summed E-state index contributed by atoms with van der Waals surface area (Å²) in [5.74, 6) is 1.12. The Labute approximate surface area is 112 Å². The van der Waals surface area contributed by atoms with Gasteiger partial charge in [0.25, 0.3) is 0 Å². The van der Waals surface area contributed by atoms with Gasteiger partial charge in [0.1, 0.15) is 0 Å². The molecule has 0 saturated heterocycles. The van der Waals surface area contributed by atoms with Crippen LogP contribution in [0.2, 0.25) is 0 Å². The summed E-state index contributed by atoms with van der Waals surface area (Å²) in [6.45, 7) is 6.02. The first-order chi connectivity index (χ1) is 8.53. The molecule has 0 aromatic heterocycles. The standard InChI is InChI=1S/C15H30N2O/c1-15(2,11-16-3)12-17-14(18)10-6-9-13-7-4-5-8-13/h13,16H,4-12H2,1-3H3,(H,17,18). The summed E-state index contributed by atoms with van der Waals surface area (Å²) in [4.78, 5) is 11.7. The van der Waals surface area contributed by atoms with Gasteiger partial charge in [-0.3, -0.25) is 4.79 Å². The summed E-state index contributed by atoms with van der Waals surface area (Å²) in [6, 6.07) is 0. The van der Waals surface area contributed by atoms with Gasteiger partial charge in [0.2, 0.25) is 5.91 Å². The van der Waals surface area contributed by atoms with Gasteiger partial charge >= 0.3 is 0 Å². The Kier molecular flexibility index (Phi) is 6.69. The van der Waals surface area contributed by atoms with E-state index in [0.717, 1.165) is 25.4 Å². The van der Waals surface area contributed by atoms with Gasteiger partial charge in [-0.25, -0.2) is 0 Å². The lowest BCUT2D eigenvalue weighted by Gasteiger charge is -2.24. The van der Waals surface area contributed by atoms with Crippen molar-refractivity contribution in [2.75, 3.05) is 20.1 Å². The third kappa shape index (κ3) is 6.39. The van der Waals surface area contributed by atoms with Gasteiger partial charge in [0, 0.05) is 19.5 Å². The van der Waals surface area contributed by atoms with Crippen LogP contribution in [0.3, 0.4) is 0 Å². The predicted molar refractivity (Wildman–Crippen MR) is 76.5 cm³/mol. The summed E-state index contributed by atoms with van der Waals surface area (Å²) in [6.07, 6.45) is 8.57. The molecule has 0 spiro atoms. The maximum absolute atomic E-state index is 11.7. The van der Waals surface area contributed by atoms with E-state index in [9.17, 15) is 4.79 Å². The number of nitrogens with one attached hydrogen (secondary N) is 2. The molecule has 1 rings (SSSR count). The Hall–Kier alpha value is -0.570. The van der Waals surface area contributed by atoms with Gasteiger partial charge in [-0.1, -0.05) is 39.5 Å². The fourth-order valence-electron chi connectivity index (χ4n) is 2.82. The van der Waals surface area contributed by atoms with Crippen molar-refractivity contribution in [3.8, 4) is 0 Å². The van der Waals surface area contributed by atoms with Crippen LogP contribution in [-0.2, 0) is 4.79 Å². The number of rotatable bonds is 8. The highest BCUT2D eigenvalue weighted by Crippen LogP contribution is 2.28. The van der Waals surface area contributed by atoms with Crippen molar-refractivity contribution in [3.05, 3.63) is 0 Å². The highest BCUT2D eigenvalue weighted by atomic mass is 16.1. The summed E-state index contributed by atoms with van der Waals surface area (Å²) in [7, 11) is 1.95. The first-order valence-corrected chi connectivity index (χ1v) is 7.45. The van der Waals surface area contributed by atoms with E-state index in [1.807, 2.05) is 7.05 Å². The Balaban J connectivity index is 2.06. The first kappa shape index (κ1) is 15.5. The predicted octanol–water partition coefficient (Wildman–Crippen LogP) is 2.71. The molecular weight excluding hydrogens is 224 g/mol. The van der Waals surface area contributed by atoms with E-state index < -0.39 is 0 Å². The molecule has 3 nitrogen and oxygen atoms in total. The molecular formula is C15H30N2O. The largest absolute Gasteiger partial charge is 0.356 e. The first-order valence-electron chi connectivity index (χ1n) is 7.45. The smallest absolute Gasteiger partial charge is 0.220 e. The van der Waals surface area contributed by atoms with E-state index in [4.69, 9.17) is 0 Å². The molecule has 1 saturated carbocycles. The Morgan fingerprint density at radius 2 is 1.89 bits per heavy atom. The van der Waals surface area contributed by atoms with Crippen LogP contribution >= 0.6 is 0 Å². The lowest BCUT2D eigenvalue weighted by Crippen LogP contribution is -2.39. The van der Waals surface area contributed by atoms with E-state index in [0.29, 0.717) is 6.42 Å².